The quantitative estimate of drug-likeness (QED) is 0.461. The molecule has 0 unspecified atom stereocenters. The second-order valence-corrected chi connectivity index (χ2v) is 7.93. The molecule has 0 bridgehead atoms. The minimum absolute atomic E-state index is 0.0122. The van der Waals surface area contributed by atoms with Crippen molar-refractivity contribution in [3.63, 3.8) is 0 Å². The van der Waals surface area contributed by atoms with Gasteiger partial charge in [-0.15, -0.1) is 0 Å². The number of hydrogen-bond donors (Lipinski definition) is 2. The largest absolute Gasteiger partial charge is 0.494 e. The third kappa shape index (κ3) is 3.88. The Morgan fingerprint density at radius 1 is 1.15 bits per heavy atom. The fraction of sp³-hybridized carbons (Fsp3) is 0.273. The first-order valence-electron chi connectivity index (χ1n) is 10.4. The normalized spacial score (nSPS) is 13.2. The number of amides is 1. The SMILES string of the molecule is COc1c(Nc2cc(NC(=O)C3CC3)nc3ncn(C)c(=O)c23)cccc1-c1ncn(C)n1. The Hall–Kier alpha value is -4.28. The lowest BCUT2D eigenvalue weighted by Gasteiger charge is -2.16. The molecule has 3 heterocycles. The van der Waals surface area contributed by atoms with Crippen LogP contribution in [0.25, 0.3) is 22.4 Å². The number of carbonyl (C=O) groups excluding carboxylic acids is 1. The predicted molar refractivity (Wildman–Crippen MR) is 122 cm³/mol. The van der Waals surface area contributed by atoms with Crippen molar-refractivity contribution in [3.05, 3.63) is 47.3 Å². The standard InChI is InChI=1S/C22H22N8O3/c1-29-10-23-20-17(22(29)32)15(9-16(26-20)27-21(31)12-7-8-12)25-14-6-4-5-13(18(14)33-3)19-24-11-30(2)28-19/h4-6,9-12H,7-8H2,1-3H3,(H2,25,26,27,31). The highest BCUT2D eigenvalue weighted by molar-refractivity contribution is 5.98. The lowest BCUT2D eigenvalue weighted by Crippen LogP contribution is -2.20. The molecule has 1 aliphatic carbocycles. The number of benzene rings is 1. The van der Waals surface area contributed by atoms with Gasteiger partial charge in [0.25, 0.3) is 5.56 Å². The van der Waals surface area contributed by atoms with E-state index in [0.29, 0.717) is 39.7 Å². The van der Waals surface area contributed by atoms with Crippen LogP contribution in [0.4, 0.5) is 17.2 Å². The molecule has 0 spiro atoms. The number of aryl methyl sites for hydroxylation is 2. The number of nitrogens with zero attached hydrogens (tertiary/aromatic N) is 6. The molecule has 11 nitrogen and oxygen atoms in total. The number of methoxy groups -OCH3 is 1. The molecule has 0 aliphatic heterocycles. The predicted octanol–water partition coefficient (Wildman–Crippen LogP) is 2.22. The zero-order valence-electron chi connectivity index (χ0n) is 18.4. The van der Waals surface area contributed by atoms with E-state index in [-0.39, 0.29) is 23.0 Å². The number of pyridine rings is 1. The molecule has 1 aromatic carbocycles. The molecule has 0 radical (unpaired) electrons. The van der Waals surface area contributed by atoms with Gasteiger partial charge in [-0.05, 0) is 25.0 Å². The summed E-state index contributed by atoms with van der Waals surface area (Å²) in [6, 6.07) is 7.15. The van der Waals surface area contributed by atoms with Gasteiger partial charge in [0, 0.05) is 26.1 Å². The monoisotopic (exact) mass is 446 g/mol. The van der Waals surface area contributed by atoms with Crippen molar-refractivity contribution in [2.24, 2.45) is 20.0 Å². The van der Waals surface area contributed by atoms with Crippen LogP contribution in [0.1, 0.15) is 12.8 Å². The summed E-state index contributed by atoms with van der Waals surface area (Å²) in [7, 11) is 4.96. The van der Waals surface area contributed by atoms with E-state index >= 15 is 0 Å². The van der Waals surface area contributed by atoms with Gasteiger partial charge in [-0.2, -0.15) is 5.10 Å². The maximum absolute atomic E-state index is 12.9. The van der Waals surface area contributed by atoms with Crippen molar-refractivity contribution in [2.75, 3.05) is 17.7 Å². The number of ether oxygens (including phenoxy) is 1. The molecule has 33 heavy (non-hydrogen) atoms. The molecule has 168 valence electrons. The molecule has 2 N–H and O–H groups in total. The third-order valence-electron chi connectivity index (χ3n) is 5.42. The number of anilines is 3. The summed E-state index contributed by atoms with van der Waals surface area (Å²) in [6.45, 7) is 0. The average molecular weight is 446 g/mol. The molecule has 0 atom stereocenters. The van der Waals surface area contributed by atoms with Gasteiger partial charge in [0.05, 0.1) is 30.4 Å². The number of hydrogen-bond acceptors (Lipinski definition) is 8. The van der Waals surface area contributed by atoms with Crippen LogP contribution in [-0.4, -0.2) is 42.3 Å². The average Bonchev–Trinajstić information content (AvgIpc) is 3.57. The summed E-state index contributed by atoms with van der Waals surface area (Å²) >= 11 is 0. The summed E-state index contributed by atoms with van der Waals surface area (Å²) in [5, 5.41) is 10.8. The summed E-state index contributed by atoms with van der Waals surface area (Å²) in [6.07, 6.45) is 4.75. The Labute approximate surface area is 188 Å². The van der Waals surface area contributed by atoms with Crippen LogP contribution < -0.4 is 20.9 Å². The number of fused-ring (bicyclic) bond motifs is 1. The Morgan fingerprint density at radius 2 is 1.97 bits per heavy atom. The molecule has 0 saturated heterocycles. The molecular formula is C22H22N8O3. The lowest BCUT2D eigenvalue weighted by atomic mass is 10.1. The highest BCUT2D eigenvalue weighted by atomic mass is 16.5. The summed E-state index contributed by atoms with van der Waals surface area (Å²) < 4.78 is 8.66. The second-order valence-electron chi connectivity index (χ2n) is 7.93. The third-order valence-corrected chi connectivity index (χ3v) is 5.42. The van der Waals surface area contributed by atoms with E-state index in [4.69, 9.17) is 4.74 Å². The van der Waals surface area contributed by atoms with Crippen molar-refractivity contribution in [1.82, 2.24) is 29.3 Å². The molecular weight excluding hydrogens is 424 g/mol. The molecule has 1 amide bonds. The number of aromatic nitrogens is 6. The van der Waals surface area contributed by atoms with Crippen LogP contribution in [0.5, 0.6) is 5.75 Å². The van der Waals surface area contributed by atoms with Crippen molar-refractivity contribution in [1.29, 1.82) is 0 Å². The fourth-order valence-electron chi connectivity index (χ4n) is 3.58. The molecule has 5 rings (SSSR count). The van der Waals surface area contributed by atoms with Crippen LogP contribution in [0, 0.1) is 5.92 Å². The Morgan fingerprint density at radius 3 is 2.67 bits per heavy atom. The van der Waals surface area contributed by atoms with E-state index in [1.807, 2.05) is 18.2 Å². The van der Waals surface area contributed by atoms with Gasteiger partial charge in [-0.3, -0.25) is 14.3 Å². The van der Waals surface area contributed by atoms with E-state index in [9.17, 15) is 9.59 Å². The fourth-order valence-corrected chi connectivity index (χ4v) is 3.58. The topological polar surface area (TPSA) is 129 Å². The second kappa shape index (κ2) is 8.01. The Kier molecular flexibility index (Phi) is 5.00. The maximum atomic E-state index is 12.9. The van der Waals surface area contributed by atoms with Gasteiger partial charge in [-0.1, -0.05) is 6.07 Å². The Bertz CT molecular complexity index is 1440. The molecule has 4 aromatic rings. The van der Waals surface area contributed by atoms with E-state index in [1.165, 1.54) is 10.9 Å². The first-order valence-corrected chi connectivity index (χ1v) is 10.4. The number of carbonyl (C=O) groups is 1. The molecule has 1 saturated carbocycles. The van der Waals surface area contributed by atoms with E-state index < -0.39 is 0 Å². The van der Waals surface area contributed by atoms with Crippen molar-refractivity contribution < 1.29 is 9.53 Å². The molecule has 1 aliphatic rings. The lowest BCUT2D eigenvalue weighted by molar-refractivity contribution is -0.117. The minimum atomic E-state index is -0.267. The smallest absolute Gasteiger partial charge is 0.264 e. The van der Waals surface area contributed by atoms with E-state index in [0.717, 1.165) is 12.8 Å². The van der Waals surface area contributed by atoms with Crippen LogP contribution in [0.15, 0.2) is 41.7 Å². The highest BCUT2D eigenvalue weighted by Gasteiger charge is 2.30. The summed E-state index contributed by atoms with van der Waals surface area (Å²) in [5.41, 5.74) is 1.70. The van der Waals surface area contributed by atoms with E-state index in [1.54, 1.807) is 38.3 Å². The van der Waals surface area contributed by atoms with E-state index in [2.05, 4.69) is 30.7 Å². The summed E-state index contributed by atoms with van der Waals surface area (Å²) in [5.74, 6) is 1.27. The zero-order valence-corrected chi connectivity index (χ0v) is 18.4. The minimum Gasteiger partial charge on any atom is -0.494 e. The Balaban J connectivity index is 1.63. The highest BCUT2D eigenvalue weighted by Crippen LogP contribution is 2.38. The van der Waals surface area contributed by atoms with Crippen LogP contribution in [-0.2, 0) is 18.9 Å². The van der Waals surface area contributed by atoms with Gasteiger partial charge in [0.1, 0.15) is 17.5 Å². The number of rotatable bonds is 6. The van der Waals surface area contributed by atoms with Gasteiger partial charge in [-0.25, -0.2) is 15.0 Å². The number of para-hydroxylation sites is 1. The van der Waals surface area contributed by atoms with Gasteiger partial charge < -0.3 is 19.9 Å². The zero-order chi connectivity index (χ0) is 23.1. The van der Waals surface area contributed by atoms with Crippen molar-refractivity contribution in [2.45, 2.75) is 12.8 Å². The van der Waals surface area contributed by atoms with Crippen LogP contribution in [0.3, 0.4) is 0 Å². The molecule has 1 fully saturated rings. The van der Waals surface area contributed by atoms with Crippen LogP contribution >= 0.6 is 0 Å². The van der Waals surface area contributed by atoms with Crippen molar-refractivity contribution >= 4 is 34.1 Å². The first-order chi connectivity index (χ1) is 15.9. The summed E-state index contributed by atoms with van der Waals surface area (Å²) in [4.78, 5) is 38.2. The van der Waals surface area contributed by atoms with Gasteiger partial charge in [0.2, 0.25) is 5.91 Å². The van der Waals surface area contributed by atoms with Gasteiger partial charge >= 0.3 is 0 Å². The molecule has 11 heteroatoms. The first kappa shape index (κ1) is 20.6. The van der Waals surface area contributed by atoms with Gasteiger partial charge in [0.15, 0.2) is 17.2 Å². The van der Waals surface area contributed by atoms with Crippen molar-refractivity contribution in [3.8, 4) is 17.1 Å². The molecule has 3 aromatic heterocycles. The van der Waals surface area contributed by atoms with Crippen LogP contribution in [0.2, 0.25) is 0 Å². The number of nitrogens with one attached hydrogen (secondary N) is 2. The maximum Gasteiger partial charge on any atom is 0.264 e.